The van der Waals surface area contributed by atoms with E-state index in [0.717, 1.165) is 18.2 Å². The number of rotatable bonds is 13. The van der Waals surface area contributed by atoms with Gasteiger partial charge in [-0.05, 0) is 12.8 Å². The highest BCUT2D eigenvalue weighted by Crippen LogP contribution is 2.16. The lowest BCUT2D eigenvalue weighted by molar-refractivity contribution is -0.142. The van der Waals surface area contributed by atoms with Crippen molar-refractivity contribution in [3.63, 3.8) is 0 Å². The Hall–Kier alpha value is 1.39. The molecule has 0 bridgehead atoms. The Morgan fingerprint density at radius 3 is 2.00 bits per heavy atom. The van der Waals surface area contributed by atoms with E-state index in [4.69, 9.17) is 4.74 Å². The Kier molecular flexibility index (Phi) is 15.9. The predicted octanol–water partition coefficient (Wildman–Crippen LogP) is 6.36. The summed E-state index contributed by atoms with van der Waals surface area (Å²) in [4.78, 5) is 12.0. The Morgan fingerprint density at radius 2 is 1.48 bits per heavy atom. The van der Waals surface area contributed by atoms with E-state index in [0.29, 0.717) is 11.4 Å². The van der Waals surface area contributed by atoms with E-state index in [9.17, 15) is 4.79 Å². The van der Waals surface area contributed by atoms with Crippen LogP contribution in [0, 0.1) is 0 Å². The second-order valence-electron chi connectivity index (χ2n) is 5.26. The zero-order valence-corrected chi connectivity index (χ0v) is 19.0. The van der Waals surface area contributed by atoms with E-state index < -0.39 is 0 Å². The average Bonchev–Trinajstić information content (AvgIpc) is 2.47. The smallest absolute Gasteiger partial charge is 0.320 e. The van der Waals surface area contributed by atoms with Gasteiger partial charge in [0, 0.05) is 15.0 Å². The summed E-state index contributed by atoms with van der Waals surface area (Å²) in [5.74, 6) is -0.171. The molecule has 0 aliphatic rings. The number of alkyl halides is 4. The number of ether oxygens (including phenoxy) is 1. The van der Waals surface area contributed by atoms with E-state index in [1.54, 1.807) is 0 Å². The molecule has 0 N–H and O–H groups in total. The molecular weight excluding hydrogens is 532 g/mol. The fourth-order valence-corrected chi connectivity index (χ4v) is 2.86. The molecule has 0 heterocycles. The molecule has 3 atom stereocenters. The molecule has 3 unspecified atom stereocenters. The number of carbonyl (C=O) groups excluding carboxylic acids is 1. The summed E-state index contributed by atoms with van der Waals surface area (Å²) >= 11 is 13.8. The van der Waals surface area contributed by atoms with Gasteiger partial charge in [-0.3, -0.25) is 4.79 Å². The van der Waals surface area contributed by atoms with Crippen LogP contribution in [-0.2, 0) is 9.53 Å². The number of hydrogen-bond acceptors (Lipinski definition) is 2. The maximum absolute atomic E-state index is 11.6. The van der Waals surface area contributed by atoms with Crippen LogP contribution < -0.4 is 0 Å². The molecule has 0 aromatic carbocycles. The van der Waals surface area contributed by atoms with Crippen molar-refractivity contribution in [2.24, 2.45) is 0 Å². The van der Waals surface area contributed by atoms with Gasteiger partial charge in [-0.2, -0.15) is 0 Å². The van der Waals surface area contributed by atoms with Gasteiger partial charge in [-0.15, -0.1) is 0 Å². The van der Waals surface area contributed by atoms with Crippen molar-refractivity contribution in [2.45, 2.75) is 72.8 Å². The highest BCUT2D eigenvalue weighted by Gasteiger charge is 2.20. The first-order valence-electron chi connectivity index (χ1n) is 7.63. The van der Waals surface area contributed by atoms with Crippen LogP contribution >= 0.6 is 63.7 Å². The maximum atomic E-state index is 11.6. The molecule has 0 amide bonds. The first kappa shape index (κ1) is 22.4. The number of esters is 1. The summed E-state index contributed by atoms with van der Waals surface area (Å²) in [7, 11) is 0. The molecule has 2 nitrogen and oxygen atoms in total. The molecule has 126 valence electrons. The highest BCUT2D eigenvalue weighted by molar-refractivity contribution is 9.12. The average molecular weight is 558 g/mol. The zero-order valence-electron chi connectivity index (χ0n) is 12.6. The molecule has 0 radical (unpaired) electrons. The third-order valence-corrected chi connectivity index (χ3v) is 8.04. The zero-order chi connectivity index (χ0) is 16.1. The fourth-order valence-electron chi connectivity index (χ4n) is 1.87. The Balaban J connectivity index is 3.28. The van der Waals surface area contributed by atoms with E-state index in [1.165, 1.54) is 38.5 Å². The molecule has 0 rings (SSSR count). The van der Waals surface area contributed by atoms with Gasteiger partial charge >= 0.3 is 5.97 Å². The minimum Gasteiger partial charge on any atom is -0.465 e. The fraction of sp³-hybridized carbons (Fsp3) is 0.933. The minimum atomic E-state index is -0.254. The Labute approximate surface area is 163 Å². The van der Waals surface area contributed by atoms with Crippen molar-refractivity contribution in [2.75, 3.05) is 11.9 Å². The number of carbonyl (C=O) groups is 1. The second kappa shape index (κ2) is 14.9. The van der Waals surface area contributed by atoms with Gasteiger partial charge in [0.25, 0.3) is 0 Å². The lowest BCUT2D eigenvalue weighted by Gasteiger charge is -2.11. The number of unbranched alkanes of at least 4 members (excludes halogenated alkanes) is 6. The topological polar surface area (TPSA) is 26.3 Å². The molecular formula is C15H26Br4O2. The van der Waals surface area contributed by atoms with E-state index in [-0.39, 0.29) is 15.6 Å². The molecule has 0 aromatic rings. The van der Waals surface area contributed by atoms with Crippen LogP contribution in [0.3, 0.4) is 0 Å². The van der Waals surface area contributed by atoms with E-state index >= 15 is 0 Å². The van der Waals surface area contributed by atoms with Crippen molar-refractivity contribution < 1.29 is 9.53 Å². The third kappa shape index (κ3) is 13.5. The summed E-state index contributed by atoms with van der Waals surface area (Å²) in [6.45, 7) is 2.47. The van der Waals surface area contributed by atoms with Gasteiger partial charge in [0.1, 0.15) is 4.83 Å². The van der Waals surface area contributed by atoms with Gasteiger partial charge < -0.3 is 4.74 Å². The molecule has 0 aliphatic heterocycles. The monoisotopic (exact) mass is 554 g/mol. The van der Waals surface area contributed by atoms with E-state index in [1.807, 2.05) is 6.92 Å². The van der Waals surface area contributed by atoms with Gasteiger partial charge in [-0.25, -0.2) is 0 Å². The van der Waals surface area contributed by atoms with Gasteiger partial charge in [0.2, 0.25) is 0 Å². The Bertz CT molecular complexity index is 262. The minimum absolute atomic E-state index is 0.0914. The number of halogens is 4. The molecule has 0 saturated carbocycles. The highest BCUT2D eigenvalue weighted by atomic mass is 79.9. The van der Waals surface area contributed by atoms with Crippen LogP contribution in [0.4, 0.5) is 0 Å². The summed E-state index contributed by atoms with van der Waals surface area (Å²) in [6, 6.07) is 0. The summed E-state index contributed by atoms with van der Waals surface area (Å²) < 4.78 is 5.22. The van der Waals surface area contributed by atoms with Gasteiger partial charge in [-0.1, -0.05) is 109 Å². The Morgan fingerprint density at radius 1 is 0.952 bits per heavy atom. The summed E-state index contributed by atoms with van der Waals surface area (Å²) in [5.41, 5.74) is 0. The van der Waals surface area contributed by atoms with Crippen LogP contribution in [0.1, 0.15) is 58.3 Å². The van der Waals surface area contributed by atoms with E-state index in [2.05, 4.69) is 63.7 Å². The van der Waals surface area contributed by atoms with Crippen LogP contribution in [0.2, 0.25) is 0 Å². The molecule has 6 heteroatoms. The lowest BCUT2D eigenvalue weighted by Crippen LogP contribution is -2.24. The number of hydrogen-bond donors (Lipinski definition) is 0. The van der Waals surface area contributed by atoms with Crippen LogP contribution in [0.15, 0.2) is 0 Å². The third-order valence-electron chi connectivity index (χ3n) is 3.20. The summed E-state index contributed by atoms with van der Waals surface area (Å²) in [5, 5.41) is 1.04. The standard InChI is InChI=1S/C15H26Br4O2/c1-12(17)14(19)15(20)21-10-8-6-4-2-3-5-7-9-13(18)11-16/h12-14H,2-11H2,1H3. The molecule has 21 heavy (non-hydrogen) atoms. The van der Waals surface area contributed by atoms with Crippen LogP contribution in [0.25, 0.3) is 0 Å². The van der Waals surface area contributed by atoms with Crippen LogP contribution in [0.5, 0.6) is 0 Å². The lowest BCUT2D eigenvalue weighted by atomic mass is 10.1. The second-order valence-corrected chi connectivity index (χ2v) is 9.64. The van der Waals surface area contributed by atoms with Crippen molar-refractivity contribution in [1.82, 2.24) is 0 Å². The largest absolute Gasteiger partial charge is 0.465 e. The molecule has 0 fully saturated rings. The molecule has 0 aromatic heterocycles. The predicted molar refractivity (Wildman–Crippen MR) is 106 cm³/mol. The van der Waals surface area contributed by atoms with Gasteiger partial charge in [0.05, 0.1) is 6.61 Å². The van der Waals surface area contributed by atoms with Crippen molar-refractivity contribution >= 4 is 69.7 Å². The summed E-state index contributed by atoms with van der Waals surface area (Å²) in [6.07, 6.45) is 9.82. The van der Waals surface area contributed by atoms with Crippen molar-refractivity contribution in [1.29, 1.82) is 0 Å². The van der Waals surface area contributed by atoms with Crippen LogP contribution in [-0.4, -0.2) is 32.4 Å². The SMILES string of the molecule is CC(Br)C(Br)C(=O)OCCCCCCCCCC(Br)CBr. The normalized spacial score (nSPS) is 15.5. The quantitative estimate of drug-likeness (QED) is 0.150. The molecule has 0 spiro atoms. The first-order chi connectivity index (χ1) is 9.99. The molecule has 0 saturated heterocycles. The van der Waals surface area contributed by atoms with Gasteiger partial charge in [0.15, 0.2) is 0 Å². The first-order valence-corrected chi connectivity index (χ1v) is 11.5. The van der Waals surface area contributed by atoms with Crippen molar-refractivity contribution in [3.05, 3.63) is 0 Å². The van der Waals surface area contributed by atoms with Crippen molar-refractivity contribution in [3.8, 4) is 0 Å². The molecule has 0 aliphatic carbocycles. The maximum Gasteiger partial charge on any atom is 0.320 e.